The zero-order chi connectivity index (χ0) is 11.4. The molecule has 15 heavy (non-hydrogen) atoms. The molecular formula is C13H22N2. The van der Waals surface area contributed by atoms with Gasteiger partial charge in [0.2, 0.25) is 0 Å². The average molecular weight is 206 g/mol. The molecule has 0 saturated carbocycles. The Morgan fingerprint density at radius 3 is 2.07 bits per heavy atom. The van der Waals surface area contributed by atoms with E-state index in [4.69, 9.17) is 5.73 Å². The normalized spacial score (nSPS) is 12.9. The molecule has 1 aromatic carbocycles. The van der Waals surface area contributed by atoms with Crippen LogP contribution in [0, 0.1) is 5.92 Å². The predicted octanol–water partition coefficient (Wildman–Crippen LogP) is 2.80. The Kier molecular flexibility index (Phi) is 4.15. The Morgan fingerprint density at radius 1 is 1.13 bits per heavy atom. The molecule has 0 heterocycles. The minimum atomic E-state index is 0.120. The van der Waals surface area contributed by atoms with Gasteiger partial charge in [-0.3, -0.25) is 0 Å². The topological polar surface area (TPSA) is 29.3 Å². The highest BCUT2D eigenvalue weighted by Gasteiger charge is 2.04. The SMILES string of the molecule is CC(C)CN(C)c1ccc([C@@H](C)N)cc1. The van der Waals surface area contributed by atoms with Crippen molar-refractivity contribution in [1.29, 1.82) is 0 Å². The van der Waals surface area contributed by atoms with Gasteiger partial charge in [-0.25, -0.2) is 0 Å². The molecule has 2 heteroatoms. The molecule has 1 atom stereocenters. The molecule has 2 nitrogen and oxygen atoms in total. The van der Waals surface area contributed by atoms with Gasteiger partial charge in [0, 0.05) is 25.3 Å². The van der Waals surface area contributed by atoms with Crippen LogP contribution in [0.1, 0.15) is 32.4 Å². The molecular weight excluding hydrogens is 184 g/mol. The molecule has 0 saturated heterocycles. The van der Waals surface area contributed by atoms with Crippen LogP contribution in [0.5, 0.6) is 0 Å². The fourth-order valence-electron chi connectivity index (χ4n) is 1.69. The van der Waals surface area contributed by atoms with E-state index >= 15 is 0 Å². The molecule has 0 radical (unpaired) electrons. The van der Waals surface area contributed by atoms with Crippen LogP contribution in [0.3, 0.4) is 0 Å². The van der Waals surface area contributed by atoms with Crippen LogP contribution in [0.25, 0.3) is 0 Å². The summed E-state index contributed by atoms with van der Waals surface area (Å²) in [5, 5.41) is 0. The van der Waals surface area contributed by atoms with Crippen molar-refractivity contribution in [2.24, 2.45) is 11.7 Å². The predicted molar refractivity (Wildman–Crippen MR) is 67.2 cm³/mol. The first-order chi connectivity index (χ1) is 7.00. The van der Waals surface area contributed by atoms with E-state index in [0.717, 1.165) is 6.54 Å². The third-order valence-electron chi connectivity index (χ3n) is 2.50. The Bertz CT molecular complexity index is 288. The van der Waals surface area contributed by atoms with Gasteiger partial charge < -0.3 is 10.6 Å². The number of benzene rings is 1. The summed E-state index contributed by atoms with van der Waals surface area (Å²) in [6, 6.07) is 8.62. The lowest BCUT2D eigenvalue weighted by atomic mass is 10.1. The lowest BCUT2D eigenvalue weighted by Gasteiger charge is -2.22. The smallest absolute Gasteiger partial charge is 0.0363 e. The number of nitrogens with zero attached hydrogens (tertiary/aromatic N) is 1. The molecule has 0 amide bonds. The van der Waals surface area contributed by atoms with Crippen molar-refractivity contribution in [3.8, 4) is 0 Å². The zero-order valence-corrected chi connectivity index (χ0v) is 10.2. The van der Waals surface area contributed by atoms with E-state index in [9.17, 15) is 0 Å². The fraction of sp³-hybridized carbons (Fsp3) is 0.538. The summed E-state index contributed by atoms with van der Waals surface area (Å²) < 4.78 is 0. The van der Waals surface area contributed by atoms with Gasteiger partial charge in [0.05, 0.1) is 0 Å². The molecule has 0 bridgehead atoms. The van der Waals surface area contributed by atoms with Crippen molar-refractivity contribution < 1.29 is 0 Å². The molecule has 0 aliphatic carbocycles. The quantitative estimate of drug-likeness (QED) is 0.820. The summed E-state index contributed by atoms with van der Waals surface area (Å²) in [6.45, 7) is 7.55. The van der Waals surface area contributed by atoms with E-state index < -0.39 is 0 Å². The lowest BCUT2D eigenvalue weighted by Crippen LogP contribution is -2.22. The maximum atomic E-state index is 5.81. The third kappa shape index (κ3) is 3.56. The van der Waals surface area contributed by atoms with Gasteiger partial charge in [-0.15, -0.1) is 0 Å². The lowest BCUT2D eigenvalue weighted by molar-refractivity contribution is 0.638. The molecule has 1 aromatic rings. The van der Waals surface area contributed by atoms with Crippen molar-refractivity contribution in [2.45, 2.75) is 26.8 Å². The van der Waals surface area contributed by atoms with Crippen molar-refractivity contribution in [1.82, 2.24) is 0 Å². The van der Waals surface area contributed by atoms with E-state index in [1.807, 2.05) is 6.92 Å². The van der Waals surface area contributed by atoms with Crippen LogP contribution in [-0.2, 0) is 0 Å². The van der Waals surface area contributed by atoms with E-state index in [1.54, 1.807) is 0 Å². The minimum Gasteiger partial charge on any atom is -0.374 e. The summed E-state index contributed by atoms with van der Waals surface area (Å²) >= 11 is 0. The first-order valence-electron chi connectivity index (χ1n) is 5.57. The van der Waals surface area contributed by atoms with Crippen LogP contribution >= 0.6 is 0 Å². The van der Waals surface area contributed by atoms with Crippen LogP contribution in [0.4, 0.5) is 5.69 Å². The minimum absolute atomic E-state index is 0.120. The van der Waals surface area contributed by atoms with Gasteiger partial charge in [0.1, 0.15) is 0 Å². The van der Waals surface area contributed by atoms with Crippen molar-refractivity contribution in [3.05, 3.63) is 29.8 Å². The molecule has 84 valence electrons. The van der Waals surface area contributed by atoms with Crippen LogP contribution in [0.2, 0.25) is 0 Å². The summed E-state index contributed by atoms with van der Waals surface area (Å²) in [5.74, 6) is 0.683. The maximum Gasteiger partial charge on any atom is 0.0363 e. The Labute approximate surface area is 93.1 Å². The number of rotatable bonds is 4. The van der Waals surface area contributed by atoms with Crippen LogP contribution in [-0.4, -0.2) is 13.6 Å². The Morgan fingerprint density at radius 2 is 1.67 bits per heavy atom. The molecule has 0 aromatic heterocycles. The highest BCUT2D eigenvalue weighted by Crippen LogP contribution is 2.17. The fourth-order valence-corrected chi connectivity index (χ4v) is 1.69. The molecule has 0 aliphatic rings. The number of hydrogen-bond acceptors (Lipinski definition) is 2. The summed E-state index contributed by atoms with van der Waals surface area (Å²) in [4.78, 5) is 2.27. The monoisotopic (exact) mass is 206 g/mol. The number of hydrogen-bond donors (Lipinski definition) is 1. The van der Waals surface area contributed by atoms with Crippen LogP contribution < -0.4 is 10.6 Å². The van der Waals surface area contributed by atoms with Gasteiger partial charge in [-0.05, 0) is 30.5 Å². The van der Waals surface area contributed by atoms with Gasteiger partial charge in [0.15, 0.2) is 0 Å². The number of nitrogens with two attached hydrogens (primary N) is 1. The molecule has 0 unspecified atom stereocenters. The van der Waals surface area contributed by atoms with Gasteiger partial charge in [-0.2, -0.15) is 0 Å². The van der Waals surface area contributed by atoms with Crippen LogP contribution in [0.15, 0.2) is 24.3 Å². The highest BCUT2D eigenvalue weighted by molar-refractivity contribution is 5.47. The maximum absolute atomic E-state index is 5.81. The average Bonchev–Trinajstić information content (AvgIpc) is 2.17. The van der Waals surface area contributed by atoms with Crippen molar-refractivity contribution >= 4 is 5.69 Å². The summed E-state index contributed by atoms with van der Waals surface area (Å²) in [5.41, 5.74) is 8.26. The van der Waals surface area contributed by atoms with E-state index in [-0.39, 0.29) is 6.04 Å². The standard InChI is InChI=1S/C13H22N2/c1-10(2)9-15(4)13-7-5-12(6-8-13)11(3)14/h5-8,10-11H,9,14H2,1-4H3/t11-/m1/s1. The largest absolute Gasteiger partial charge is 0.374 e. The third-order valence-corrected chi connectivity index (χ3v) is 2.50. The molecule has 2 N–H and O–H groups in total. The van der Waals surface area contributed by atoms with Gasteiger partial charge in [0.25, 0.3) is 0 Å². The summed E-state index contributed by atoms with van der Waals surface area (Å²) in [6.07, 6.45) is 0. The first kappa shape index (κ1) is 12.1. The first-order valence-corrected chi connectivity index (χ1v) is 5.57. The second-order valence-corrected chi connectivity index (χ2v) is 4.65. The Balaban J connectivity index is 2.71. The van der Waals surface area contributed by atoms with E-state index in [1.165, 1.54) is 11.3 Å². The molecule has 0 fully saturated rings. The van der Waals surface area contributed by atoms with Crippen molar-refractivity contribution in [2.75, 3.05) is 18.5 Å². The highest BCUT2D eigenvalue weighted by atomic mass is 15.1. The van der Waals surface area contributed by atoms with Gasteiger partial charge in [-0.1, -0.05) is 26.0 Å². The van der Waals surface area contributed by atoms with Gasteiger partial charge >= 0.3 is 0 Å². The molecule has 1 rings (SSSR count). The summed E-state index contributed by atoms with van der Waals surface area (Å²) in [7, 11) is 2.13. The number of anilines is 1. The zero-order valence-electron chi connectivity index (χ0n) is 10.2. The Hall–Kier alpha value is -1.02. The second-order valence-electron chi connectivity index (χ2n) is 4.65. The van der Waals surface area contributed by atoms with E-state index in [0.29, 0.717) is 5.92 Å². The molecule has 0 aliphatic heterocycles. The molecule has 0 spiro atoms. The van der Waals surface area contributed by atoms with E-state index in [2.05, 4.69) is 50.1 Å². The van der Waals surface area contributed by atoms with Crippen molar-refractivity contribution in [3.63, 3.8) is 0 Å². The second kappa shape index (κ2) is 5.17.